The van der Waals surface area contributed by atoms with Crippen molar-refractivity contribution >= 4 is 40.1 Å². The highest BCUT2D eigenvalue weighted by Gasteiger charge is 2.32. The zero-order valence-electron chi connectivity index (χ0n) is 21.7. The third-order valence-electron chi connectivity index (χ3n) is 5.32. The fraction of sp³-hybridized carbons (Fsp3) is 0.308. The number of carbonyl (C=O) groups excluding carboxylic acids is 3. The monoisotopic (exact) mass is 604 g/mol. The Kier molecular flexibility index (Phi) is 10.3. The van der Waals surface area contributed by atoms with Crippen molar-refractivity contribution in [3.63, 3.8) is 0 Å². The molecule has 0 saturated carbocycles. The molecule has 2 atom stereocenters. The van der Waals surface area contributed by atoms with Gasteiger partial charge in [-0.15, -0.1) is 0 Å². The van der Waals surface area contributed by atoms with E-state index in [1.807, 2.05) is 0 Å². The summed E-state index contributed by atoms with van der Waals surface area (Å²) < 4.78 is 22.2. The van der Waals surface area contributed by atoms with Crippen molar-refractivity contribution in [2.45, 2.75) is 33.0 Å². The van der Waals surface area contributed by atoms with Crippen LogP contribution in [0.1, 0.15) is 37.9 Å². The van der Waals surface area contributed by atoms with Crippen molar-refractivity contribution in [2.75, 3.05) is 20.3 Å². The van der Waals surface area contributed by atoms with Gasteiger partial charge in [-0.05, 0) is 49.7 Å². The van der Waals surface area contributed by atoms with Crippen LogP contribution in [0.3, 0.4) is 0 Å². The number of benzene rings is 2. The summed E-state index contributed by atoms with van der Waals surface area (Å²) in [4.78, 5) is 35.8. The molecule has 0 saturated heterocycles. The molecule has 0 unspecified atom stereocenters. The van der Waals surface area contributed by atoms with Gasteiger partial charge in [-0.25, -0.2) is 9.59 Å². The molecule has 1 aliphatic rings. The molecule has 1 heterocycles. The molecule has 1 aliphatic heterocycles. The number of carbonyl (C=O) groups is 3. The van der Waals surface area contributed by atoms with Crippen LogP contribution in [0.4, 0.5) is 4.79 Å². The van der Waals surface area contributed by atoms with E-state index in [1.54, 1.807) is 50.2 Å². The molecule has 3 rings (SSSR count). The summed E-state index contributed by atoms with van der Waals surface area (Å²) in [5.74, 6) is -0.0648. The standard InChI is InChI=1S/C26H29BrN4O8/c1-5-37-21-11-16(24-23(25(34)36-4)14(2)29-26(35)30-24)6-8-20(21)38-13-22(33)31-28-12-17-10-18(27)7-9-19(17)39-15(3)32/h6-12,22,24,31,33H,5,13H2,1-4H3,(H2,29,30,35)/b28-12+/t22-,24-/m1/s1. The molecule has 0 spiro atoms. The summed E-state index contributed by atoms with van der Waals surface area (Å²) in [7, 11) is 1.26. The number of nitrogens with one attached hydrogen (secondary N) is 3. The number of ether oxygens (including phenoxy) is 4. The van der Waals surface area contributed by atoms with Gasteiger partial charge in [-0.2, -0.15) is 5.10 Å². The molecule has 0 radical (unpaired) electrons. The van der Waals surface area contributed by atoms with Crippen LogP contribution in [0.15, 0.2) is 57.2 Å². The maximum absolute atomic E-state index is 12.4. The predicted octanol–water partition coefficient (Wildman–Crippen LogP) is 2.89. The fourth-order valence-electron chi connectivity index (χ4n) is 3.68. The van der Waals surface area contributed by atoms with Crippen molar-refractivity contribution in [3.05, 3.63) is 63.3 Å². The Labute approximate surface area is 233 Å². The second-order valence-electron chi connectivity index (χ2n) is 8.19. The molecule has 12 nitrogen and oxygen atoms in total. The summed E-state index contributed by atoms with van der Waals surface area (Å²) in [6.45, 7) is 4.83. The van der Waals surface area contributed by atoms with Crippen molar-refractivity contribution in [3.8, 4) is 17.2 Å². The number of urea groups is 1. The van der Waals surface area contributed by atoms with Gasteiger partial charge < -0.3 is 34.7 Å². The number of allylic oxidation sites excluding steroid dienone is 1. The van der Waals surface area contributed by atoms with Crippen LogP contribution in [-0.4, -0.2) is 55.8 Å². The number of aliphatic hydroxyl groups excluding tert-OH is 1. The van der Waals surface area contributed by atoms with Crippen LogP contribution in [-0.2, 0) is 14.3 Å². The Morgan fingerprint density at radius 3 is 2.62 bits per heavy atom. The molecule has 208 valence electrons. The Bertz CT molecular complexity index is 1300. The Balaban J connectivity index is 1.71. The van der Waals surface area contributed by atoms with E-state index in [-0.39, 0.29) is 12.2 Å². The minimum atomic E-state index is -1.19. The second-order valence-corrected chi connectivity index (χ2v) is 9.11. The van der Waals surface area contributed by atoms with Gasteiger partial charge in [-0.1, -0.05) is 22.0 Å². The minimum absolute atomic E-state index is 0.192. The van der Waals surface area contributed by atoms with Gasteiger partial charge in [0.15, 0.2) is 17.7 Å². The molecule has 2 aromatic carbocycles. The quantitative estimate of drug-likeness (QED) is 0.0995. The molecule has 0 fully saturated rings. The molecular formula is C26H29BrN4O8. The summed E-state index contributed by atoms with van der Waals surface area (Å²) in [6.07, 6.45) is 0.203. The number of rotatable bonds is 11. The number of hydrazone groups is 1. The average Bonchev–Trinajstić information content (AvgIpc) is 2.88. The third kappa shape index (κ3) is 7.94. The lowest BCUT2D eigenvalue weighted by Crippen LogP contribution is -2.45. The molecule has 2 aromatic rings. The summed E-state index contributed by atoms with van der Waals surface area (Å²) in [5, 5.41) is 19.6. The second kappa shape index (κ2) is 13.6. The van der Waals surface area contributed by atoms with Crippen LogP contribution >= 0.6 is 15.9 Å². The molecule has 0 aromatic heterocycles. The topological polar surface area (TPSA) is 157 Å². The SMILES string of the molecule is CCOc1cc([C@H]2NC(=O)NC(C)=C2C(=O)OC)ccc1OC[C@@H](O)N/N=C/c1cc(Br)ccc1OC(C)=O. The predicted molar refractivity (Wildman–Crippen MR) is 144 cm³/mol. The van der Waals surface area contributed by atoms with Gasteiger partial charge in [0.25, 0.3) is 0 Å². The number of hydrogen-bond acceptors (Lipinski definition) is 10. The summed E-state index contributed by atoms with van der Waals surface area (Å²) in [5.41, 5.74) is 4.26. The average molecular weight is 605 g/mol. The number of methoxy groups -OCH3 is 1. The maximum atomic E-state index is 12.4. The smallest absolute Gasteiger partial charge is 0.337 e. The molecule has 4 N–H and O–H groups in total. The van der Waals surface area contributed by atoms with E-state index in [0.717, 1.165) is 4.47 Å². The van der Waals surface area contributed by atoms with Crippen LogP contribution in [0.2, 0.25) is 0 Å². The molecule has 13 heteroatoms. The highest BCUT2D eigenvalue weighted by molar-refractivity contribution is 9.10. The highest BCUT2D eigenvalue weighted by Crippen LogP contribution is 2.35. The largest absolute Gasteiger partial charge is 0.490 e. The van der Waals surface area contributed by atoms with Crippen molar-refractivity contribution in [1.29, 1.82) is 0 Å². The third-order valence-corrected chi connectivity index (χ3v) is 5.82. The normalized spacial score (nSPS) is 15.7. The molecule has 0 aliphatic carbocycles. The van der Waals surface area contributed by atoms with E-state index in [0.29, 0.717) is 40.7 Å². The molecule has 39 heavy (non-hydrogen) atoms. The number of amides is 2. The maximum Gasteiger partial charge on any atom is 0.337 e. The van der Waals surface area contributed by atoms with Crippen molar-refractivity contribution in [1.82, 2.24) is 16.1 Å². The number of hydrogen-bond donors (Lipinski definition) is 4. The first-order valence-electron chi connectivity index (χ1n) is 11.8. The molecule has 2 amide bonds. The Hall–Kier alpha value is -4.10. The van der Waals surface area contributed by atoms with E-state index in [9.17, 15) is 19.5 Å². The molecule has 0 bridgehead atoms. The van der Waals surface area contributed by atoms with Gasteiger partial charge in [0.05, 0.1) is 31.5 Å². The highest BCUT2D eigenvalue weighted by atomic mass is 79.9. The van der Waals surface area contributed by atoms with E-state index < -0.39 is 30.2 Å². The van der Waals surface area contributed by atoms with Crippen LogP contribution in [0.25, 0.3) is 0 Å². The van der Waals surface area contributed by atoms with E-state index in [4.69, 9.17) is 18.9 Å². The van der Waals surface area contributed by atoms with E-state index in [2.05, 4.69) is 37.1 Å². The van der Waals surface area contributed by atoms with Crippen molar-refractivity contribution < 1.29 is 38.4 Å². The summed E-state index contributed by atoms with van der Waals surface area (Å²) in [6, 6.07) is 8.75. The van der Waals surface area contributed by atoms with Gasteiger partial charge in [0, 0.05) is 22.7 Å². The first-order valence-corrected chi connectivity index (χ1v) is 12.6. The van der Waals surface area contributed by atoms with Crippen LogP contribution in [0, 0.1) is 0 Å². The van der Waals surface area contributed by atoms with Gasteiger partial charge >= 0.3 is 18.0 Å². The van der Waals surface area contributed by atoms with E-state index in [1.165, 1.54) is 20.2 Å². The lowest BCUT2D eigenvalue weighted by Gasteiger charge is -2.28. The van der Waals surface area contributed by atoms with Gasteiger partial charge in [-0.3, -0.25) is 10.2 Å². The minimum Gasteiger partial charge on any atom is -0.490 e. The Morgan fingerprint density at radius 2 is 1.92 bits per heavy atom. The number of nitrogens with zero attached hydrogens (tertiary/aromatic N) is 1. The number of halogens is 1. The van der Waals surface area contributed by atoms with Gasteiger partial charge in [0.2, 0.25) is 0 Å². The number of aliphatic hydroxyl groups is 1. The lowest BCUT2D eigenvalue weighted by atomic mass is 9.95. The van der Waals surface area contributed by atoms with Gasteiger partial charge in [0.1, 0.15) is 12.4 Å². The van der Waals surface area contributed by atoms with Crippen LogP contribution < -0.4 is 30.3 Å². The summed E-state index contributed by atoms with van der Waals surface area (Å²) >= 11 is 3.35. The lowest BCUT2D eigenvalue weighted by molar-refractivity contribution is -0.136. The Morgan fingerprint density at radius 1 is 1.18 bits per heavy atom. The van der Waals surface area contributed by atoms with E-state index >= 15 is 0 Å². The first kappa shape index (κ1) is 29.5. The zero-order valence-corrected chi connectivity index (χ0v) is 23.3. The first-order chi connectivity index (χ1) is 18.6. The van der Waals surface area contributed by atoms with Crippen LogP contribution in [0.5, 0.6) is 17.2 Å². The molecular weight excluding hydrogens is 576 g/mol. The fourth-order valence-corrected chi connectivity index (χ4v) is 4.06. The van der Waals surface area contributed by atoms with Crippen molar-refractivity contribution in [2.24, 2.45) is 5.10 Å². The number of esters is 2. The zero-order chi connectivity index (χ0) is 28.5.